The van der Waals surface area contributed by atoms with Crippen LogP contribution in [0.25, 0.3) is 0 Å². The second kappa shape index (κ2) is 7.59. The Labute approximate surface area is 166 Å². The van der Waals surface area contributed by atoms with Crippen LogP contribution >= 0.6 is 0 Å². The van der Waals surface area contributed by atoms with E-state index in [9.17, 15) is 9.50 Å². The molecule has 10 nitrogen and oxygen atoms in total. The maximum atomic E-state index is 12.9. The third-order valence-corrected chi connectivity index (χ3v) is 4.88. The largest absolute Gasteiger partial charge is 0.372 e. The van der Waals surface area contributed by atoms with E-state index in [1.54, 1.807) is 10.9 Å². The summed E-state index contributed by atoms with van der Waals surface area (Å²) in [6, 6.07) is -0.114. The van der Waals surface area contributed by atoms with Gasteiger partial charge in [0.25, 0.3) is 0 Å². The van der Waals surface area contributed by atoms with Gasteiger partial charge < -0.3 is 20.6 Å². The lowest BCUT2D eigenvalue weighted by molar-refractivity contribution is 0.172. The molecule has 4 rings (SSSR count). The SMILES string of the molecule is Cc1nc(NCc2cnn(Cc3ncc(F)cn3)c2)nc2c1NC(O)[C@H](C)N2C. The summed E-state index contributed by atoms with van der Waals surface area (Å²) in [6.45, 7) is 4.63. The molecule has 0 aliphatic carbocycles. The van der Waals surface area contributed by atoms with Crippen molar-refractivity contribution >= 4 is 17.5 Å². The van der Waals surface area contributed by atoms with Gasteiger partial charge in [-0.3, -0.25) is 4.68 Å². The quantitative estimate of drug-likeness (QED) is 0.580. The third kappa shape index (κ3) is 3.94. The fraction of sp³-hybridized carbons (Fsp3) is 0.389. The van der Waals surface area contributed by atoms with Crippen LogP contribution in [0.2, 0.25) is 0 Å². The Morgan fingerprint density at radius 3 is 2.76 bits per heavy atom. The molecule has 29 heavy (non-hydrogen) atoms. The zero-order valence-electron chi connectivity index (χ0n) is 16.3. The summed E-state index contributed by atoms with van der Waals surface area (Å²) in [6.07, 6.45) is 5.18. The number of aryl methyl sites for hydroxylation is 1. The summed E-state index contributed by atoms with van der Waals surface area (Å²) in [5.41, 5.74) is 2.41. The van der Waals surface area contributed by atoms with Gasteiger partial charge >= 0.3 is 0 Å². The number of hydrogen-bond acceptors (Lipinski definition) is 9. The minimum atomic E-state index is -0.676. The van der Waals surface area contributed by atoms with E-state index < -0.39 is 12.0 Å². The molecule has 0 spiro atoms. The first-order chi connectivity index (χ1) is 13.9. The van der Waals surface area contributed by atoms with Crippen LogP contribution in [0, 0.1) is 12.7 Å². The molecule has 0 radical (unpaired) electrons. The molecule has 0 saturated heterocycles. The highest BCUT2D eigenvalue weighted by molar-refractivity contribution is 5.72. The molecule has 3 aromatic rings. The van der Waals surface area contributed by atoms with Gasteiger partial charge in [-0.15, -0.1) is 0 Å². The monoisotopic (exact) mass is 399 g/mol. The summed E-state index contributed by atoms with van der Waals surface area (Å²) in [5.74, 6) is 1.24. The van der Waals surface area contributed by atoms with Crippen molar-refractivity contribution < 1.29 is 9.50 Å². The minimum absolute atomic E-state index is 0.114. The van der Waals surface area contributed by atoms with E-state index in [0.29, 0.717) is 24.9 Å². The van der Waals surface area contributed by atoms with E-state index in [2.05, 4.69) is 35.7 Å². The van der Waals surface area contributed by atoms with E-state index in [1.807, 2.05) is 32.0 Å². The maximum Gasteiger partial charge on any atom is 0.225 e. The highest BCUT2D eigenvalue weighted by atomic mass is 19.1. The molecule has 0 bridgehead atoms. The molecule has 0 fully saturated rings. The Bertz CT molecular complexity index is 1010. The molecule has 4 heterocycles. The number of nitrogens with one attached hydrogen (secondary N) is 2. The lowest BCUT2D eigenvalue weighted by Crippen LogP contribution is -2.48. The minimum Gasteiger partial charge on any atom is -0.372 e. The van der Waals surface area contributed by atoms with Gasteiger partial charge in [0.1, 0.15) is 24.3 Å². The smallest absolute Gasteiger partial charge is 0.225 e. The summed E-state index contributed by atoms with van der Waals surface area (Å²) in [4.78, 5) is 18.9. The van der Waals surface area contributed by atoms with E-state index in [1.165, 1.54) is 0 Å². The van der Waals surface area contributed by atoms with Crippen LogP contribution in [0.15, 0.2) is 24.8 Å². The molecular weight excluding hydrogens is 377 g/mol. The van der Waals surface area contributed by atoms with Crippen LogP contribution in [0.4, 0.5) is 21.8 Å². The molecular formula is C18H22FN9O. The van der Waals surface area contributed by atoms with Gasteiger partial charge in [-0.05, 0) is 13.8 Å². The lowest BCUT2D eigenvalue weighted by Gasteiger charge is -2.37. The number of nitrogens with zero attached hydrogens (tertiary/aromatic N) is 7. The van der Waals surface area contributed by atoms with Gasteiger partial charge in [-0.2, -0.15) is 10.1 Å². The summed E-state index contributed by atoms with van der Waals surface area (Å²) < 4.78 is 14.6. The number of anilines is 3. The predicted octanol–water partition coefficient (Wildman–Crippen LogP) is 1.14. The third-order valence-electron chi connectivity index (χ3n) is 4.88. The number of fused-ring (bicyclic) bond motifs is 1. The molecule has 1 aliphatic rings. The van der Waals surface area contributed by atoms with Gasteiger partial charge in [0.2, 0.25) is 5.95 Å². The van der Waals surface area contributed by atoms with Crippen LogP contribution in [-0.4, -0.2) is 54.1 Å². The van der Waals surface area contributed by atoms with Crippen molar-refractivity contribution in [1.29, 1.82) is 0 Å². The first-order valence-corrected chi connectivity index (χ1v) is 9.18. The Morgan fingerprint density at radius 1 is 1.24 bits per heavy atom. The fourth-order valence-electron chi connectivity index (χ4n) is 3.07. The molecule has 1 unspecified atom stereocenters. The van der Waals surface area contributed by atoms with Gasteiger partial charge in [0, 0.05) is 25.4 Å². The summed E-state index contributed by atoms with van der Waals surface area (Å²) >= 11 is 0. The van der Waals surface area contributed by atoms with Crippen molar-refractivity contribution in [1.82, 2.24) is 29.7 Å². The molecule has 152 valence electrons. The zero-order chi connectivity index (χ0) is 20.5. The molecule has 11 heteroatoms. The second-order valence-electron chi connectivity index (χ2n) is 6.99. The number of aromatic nitrogens is 6. The van der Waals surface area contributed by atoms with Crippen molar-refractivity contribution in [3.63, 3.8) is 0 Å². The second-order valence-corrected chi connectivity index (χ2v) is 6.99. The van der Waals surface area contributed by atoms with Crippen molar-refractivity contribution in [2.45, 2.75) is 39.2 Å². The van der Waals surface area contributed by atoms with Crippen LogP contribution in [-0.2, 0) is 13.1 Å². The number of aliphatic hydroxyl groups excluding tert-OH is 1. The molecule has 0 saturated carbocycles. The van der Waals surface area contributed by atoms with Crippen LogP contribution in [0.1, 0.15) is 24.0 Å². The molecule has 3 N–H and O–H groups in total. The highest BCUT2D eigenvalue weighted by Crippen LogP contribution is 2.33. The van der Waals surface area contributed by atoms with E-state index >= 15 is 0 Å². The maximum absolute atomic E-state index is 12.9. The standard InChI is InChI=1S/C18H22FN9O/c1-10-15-16(27(3)11(2)17(29)25-15)26-18(24-10)22-4-12-5-23-28(8-12)9-14-20-6-13(19)7-21-14/h5-8,11,17,25,29H,4,9H2,1-3H3,(H,22,24,26)/t11-,17?/m0/s1. The normalized spacial score (nSPS) is 18.3. The Morgan fingerprint density at radius 2 is 2.00 bits per heavy atom. The van der Waals surface area contributed by atoms with Crippen molar-refractivity contribution in [3.8, 4) is 0 Å². The Kier molecular flexibility index (Phi) is 4.97. The topological polar surface area (TPSA) is 117 Å². The van der Waals surface area contributed by atoms with Gasteiger partial charge in [0.15, 0.2) is 11.6 Å². The number of aliphatic hydroxyl groups is 1. The summed E-state index contributed by atoms with van der Waals surface area (Å²) in [5, 5.41) is 20.6. The fourth-order valence-corrected chi connectivity index (χ4v) is 3.07. The van der Waals surface area contributed by atoms with E-state index in [0.717, 1.165) is 35.2 Å². The van der Waals surface area contributed by atoms with Crippen molar-refractivity contribution in [2.24, 2.45) is 0 Å². The lowest BCUT2D eigenvalue weighted by atomic mass is 10.1. The molecule has 1 aliphatic heterocycles. The van der Waals surface area contributed by atoms with Gasteiger partial charge in [-0.25, -0.2) is 19.3 Å². The van der Waals surface area contributed by atoms with Crippen LogP contribution in [0.5, 0.6) is 0 Å². The highest BCUT2D eigenvalue weighted by Gasteiger charge is 2.30. The first kappa shape index (κ1) is 19.0. The number of rotatable bonds is 5. The molecule has 2 atom stereocenters. The molecule has 0 amide bonds. The Balaban J connectivity index is 1.44. The van der Waals surface area contributed by atoms with E-state index in [-0.39, 0.29) is 6.04 Å². The Hall–Kier alpha value is -3.34. The van der Waals surface area contributed by atoms with Crippen LogP contribution in [0.3, 0.4) is 0 Å². The van der Waals surface area contributed by atoms with Crippen LogP contribution < -0.4 is 15.5 Å². The first-order valence-electron chi connectivity index (χ1n) is 9.18. The number of hydrogen-bond donors (Lipinski definition) is 3. The number of halogens is 1. The molecule has 0 aromatic carbocycles. The zero-order valence-corrected chi connectivity index (χ0v) is 16.3. The van der Waals surface area contributed by atoms with Gasteiger partial charge in [0.05, 0.1) is 30.3 Å². The van der Waals surface area contributed by atoms with Crippen molar-refractivity contribution in [2.75, 3.05) is 22.6 Å². The van der Waals surface area contributed by atoms with Crippen molar-refractivity contribution in [3.05, 3.63) is 47.7 Å². The van der Waals surface area contributed by atoms with Gasteiger partial charge in [-0.1, -0.05) is 0 Å². The average molecular weight is 399 g/mol. The van der Waals surface area contributed by atoms with E-state index in [4.69, 9.17) is 0 Å². The summed E-state index contributed by atoms with van der Waals surface area (Å²) in [7, 11) is 1.89. The predicted molar refractivity (Wildman–Crippen MR) is 105 cm³/mol. The average Bonchev–Trinajstić information content (AvgIpc) is 3.15. The molecule has 3 aromatic heterocycles. The number of likely N-dealkylation sites (N-methyl/N-ethyl adjacent to an activating group) is 1.